The van der Waals surface area contributed by atoms with Gasteiger partial charge < -0.3 is 9.47 Å². The van der Waals surface area contributed by atoms with Crippen molar-refractivity contribution in [3.05, 3.63) is 30.3 Å². The van der Waals surface area contributed by atoms with Crippen molar-refractivity contribution in [1.82, 2.24) is 0 Å². The molecule has 17 heavy (non-hydrogen) atoms. The van der Waals surface area contributed by atoms with Crippen molar-refractivity contribution in [2.75, 3.05) is 19.8 Å². The molecule has 1 aliphatic rings. The van der Waals surface area contributed by atoms with E-state index in [1.54, 1.807) is 0 Å². The van der Waals surface area contributed by atoms with Crippen molar-refractivity contribution in [2.24, 2.45) is 5.41 Å². The van der Waals surface area contributed by atoms with Crippen LogP contribution in [-0.2, 0) is 4.74 Å². The van der Waals surface area contributed by atoms with E-state index in [0.717, 1.165) is 25.0 Å². The number of nitrogens with zero attached hydrogens (tertiary/aromatic N) is 1. The third-order valence-corrected chi connectivity index (χ3v) is 3.28. The van der Waals surface area contributed by atoms with Gasteiger partial charge in [-0.3, -0.25) is 0 Å². The Morgan fingerprint density at radius 2 is 1.94 bits per heavy atom. The zero-order valence-electron chi connectivity index (χ0n) is 9.89. The molecule has 1 saturated heterocycles. The zero-order chi connectivity index (χ0) is 12.0. The summed E-state index contributed by atoms with van der Waals surface area (Å²) in [7, 11) is 0. The quantitative estimate of drug-likeness (QED) is 0.800. The number of hydrogen-bond donors (Lipinski definition) is 0. The Labute approximate surface area is 102 Å². The molecule has 0 aromatic heterocycles. The highest BCUT2D eigenvalue weighted by atomic mass is 16.5. The molecular weight excluding hydrogens is 214 g/mol. The molecule has 0 aliphatic carbocycles. The SMILES string of the molecule is N#CC1(CCOc2ccccc2)CCOCC1. The predicted molar refractivity (Wildman–Crippen MR) is 64.7 cm³/mol. The van der Waals surface area contributed by atoms with Crippen LogP contribution in [-0.4, -0.2) is 19.8 Å². The maximum Gasteiger partial charge on any atom is 0.119 e. The van der Waals surface area contributed by atoms with E-state index in [0.29, 0.717) is 19.8 Å². The first-order valence-corrected chi connectivity index (χ1v) is 6.02. The average Bonchev–Trinajstić information content (AvgIpc) is 2.41. The second-order valence-electron chi connectivity index (χ2n) is 4.42. The Balaban J connectivity index is 1.83. The smallest absolute Gasteiger partial charge is 0.119 e. The summed E-state index contributed by atoms with van der Waals surface area (Å²) in [6, 6.07) is 12.2. The summed E-state index contributed by atoms with van der Waals surface area (Å²) in [6.07, 6.45) is 2.42. The Bertz CT molecular complexity index is 377. The second kappa shape index (κ2) is 5.70. The normalized spacial score (nSPS) is 18.3. The van der Waals surface area contributed by atoms with Gasteiger partial charge in [0.15, 0.2) is 0 Å². The van der Waals surface area contributed by atoms with Crippen molar-refractivity contribution in [1.29, 1.82) is 5.26 Å². The van der Waals surface area contributed by atoms with Crippen molar-refractivity contribution in [3.63, 3.8) is 0 Å². The van der Waals surface area contributed by atoms with E-state index in [1.165, 1.54) is 0 Å². The van der Waals surface area contributed by atoms with E-state index in [2.05, 4.69) is 6.07 Å². The number of rotatable bonds is 4. The first kappa shape index (κ1) is 11.9. The van der Waals surface area contributed by atoms with Gasteiger partial charge in [-0.15, -0.1) is 0 Å². The maximum absolute atomic E-state index is 9.28. The van der Waals surface area contributed by atoms with Crippen LogP contribution in [0.2, 0.25) is 0 Å². The van der Waals surface area contributed by atoms with Crippen molar-refractivity contribution in [2.45, 2.75) is 19.3 Å². The number of nitriles is 1. The van der Waals surface area contributed by atoms with Crippen LogP contribution in [0.25, 0.3) is 0 Å². The van der Waals surface area contributed by atoms with Gasteiger partial charge >= 0.3 is 0 Å². The molecular formula is C14H17NO2. The monoisotopic (exact) mass is 231 g/mol. The van der Waals surface area contributed by atoms with Gasteiger partial charge in [0.05, 0.1) is 18.1 Å². The fourth-order valence-electron chi connectivity index (χ4n) is 2.06. The van der Waals surface area contributed by atoms with Crippen LogP contribution in [0, 0.1) is 16.7 Å². The lowest BCUT2D eigenvalue weighted by Crippen LogP contribution is -2.29. The van der Waals surface area contributed by atoms with Crippen LogP contribution < -0.4 is 4.74 Å². The second-order valence-corrected chi connectivity index (χ2v) is 4.42. The molecule has 0 atom stereocenters. The molecule has 3 heteroatoms. The van der Waals surface area contributed by atoms with E-state index in [4.69, 9.17) is 9.47 Å². The molecule has 0 N–H and O–H groups in total. The van der Waals surface area contributed by atoms with Crippen LogP contribution in [0.15, 0.2) is 30.3 Å². The zero-order valence-corrected chi connectivity index (χ0v) is 9.89. The summed E-state index contributed by atoms with van der Waals surface area (Å²) < 4.78 is 10.9. The maximum atomic E-state index is 9.28. The summed E-state index contributed by atoms with van der Waals surface area (Å²) in [5.41, 5.74) is -0.243. The van der Waals surface area contributed by atoms with Gasteiger partial charge in [0.1, 0.15) is 5.75 Å². The third kappa shape index (κ3) is 3.21. The molecule has 90 valence electrons. The Hall–Kier alpha value is -1.53. The molecule has 1 aromatic carbocycles. The first-order chi connectivity index (χ1) is 8.35. The molecule has 1 aliphatic heterocycles. The van der Waals surface area contributed by atoms with Gasteiger partial charge in [-0.1, -0.05) is 18.2 Å². The van der Waals surface area contributed by atoms with Gasteiger partial charge in [0.25, 0.3) is 0 Å². The Morgan fingerprint density at radius 1 is 1.24 bits per heavy atom. The molecule has 0 spiro atoms. The highest BCUT2D eigenvalue weighted by molar-refractivity contribution is 5.20. The number of para-hydroxylation sites is 1. The van der Waals surface area contributed by atoms with Crippen LogP contribution in [0.4, 0.5) is 0 Å². The van der Waals surface area contributed by atoms with Crippen molar-refractivity contribution < 1.29 is 9.47 Å². The lowest BCUT2D eigenvalue weighted by atomic mass is 9.79. The lowest BCUT2D eigenvalue weighted by Gasteiger charge is -2.30. The molecule has 0 radical (unpaired) electrons. The predicted octanol–water partition coefficient (Wildman–Crippen LogP) is 2.78. The van der Waals surface area contributed by atoms with Crippen molar-refractivity contribution >= 4 is 0 Å². The Morgan fingerprint density at radius 3 is 2.59 bits per heavy atom. The number of ether oxygens (including phenoxy) is 2. The Kier molecular flexibility index (Phi) is 4.00. The molecule has 3 nitrogen and oxygen atoms in total. The molecule has 1 aromatic rings. The topological polar surface area (TPSA) is 42.2 Å². The molecule has 0 unspecified atom stereocenters. The highest BCUT2D eigenvalue weighted by Crippen LogP contribution is 2.33. The first-order valence-electron chi connectivity index (χ1n) is 6.02. The molecule has 2 rings (SSSR count). The molecule has 0 bridgehead atoms. The molecule has 0 amide bonds. The van der Waals surface area contributed by atoms with Gasteiger partial charge in [0.2, 0.25) is 0 Å². The van der Waals surface area contributed by atoms with Crippen LogP contribution in [0.3, 0.4) is 0 Å². The minimum Gasteiger partial charge on any atom is -0.494 e. The third-order valence-electron chi connectivity index (χ3n) is 3.28. The molecule has 0 saturated carbocycles. The fourth-order valence-corrected chi connectivity index (χ4v) is 2.06. The number of benzene rings is 1. The minimum atomic E-state index is -0.243. The van der Waals surface area contributed by atoms with Crippen molar-refractivity contribution in [3.8, 4) is 11.8 Å². The van der Waals surface area contributed by atoms with Crippen LogP contribution in [0.5, 0.6) is 5.75 Å². The average molecular weight is 231 g/mol. The lowest BCUT2D eigenvalue weighted by molar-refractivity contribution is 0.0313. The van der Waals surface area contributed by atoms with E-state index in [9.17, 15) is 5.26 Å². The van der Waals surface area contributed by atoms with E-state index in [-0.39, 0.29) is 5.41 Å². The summed E-state index contributed by atoms with van der Waals surface area (Å²) in [6.45, 7) is 1.98. The molecule has 1 heterocycles. The van der Waals surface area contributed by atoms with Gasteiger partial charge in [-0.2, -0.15) is 5.26 Å². The van der Waals surface area contributed by atoms with Crippen LogP contribution >= 0.6 is 0 Å². The standard InChI is InChI=1S/C14H17NO2/c15-12-14(6-9-16-10-7-14)8-11-17-13-4-2-1-3-5-13/h1-5H,6-11H2. The fraction of sp³-hybridized carbons (Fsp3) is 0.500. The van der Waals surface area contributed by atoms with Gasteiger partial charge in [-0.05, 0) is 25.0 Å². The highest BCUT2D eigenvalue weighted by Gasteiger charge is 2.32. The summed E-state index contributed by atoms with van der Waals surface area (Å²) in [5.74, 6) is 0.868. The minimum absolute atomic E-state index is 0.243. The molecule has 1 fully saturated rings. The van der Waals surface area contributed by atoms with E-state index in [1.807, 2.05) is 30.3 Å². The van der Waals surface area contributed by atoms with Gasteiger partial charge in [-0.25, -0.2) is 0 Å². The van der Waals surface area contributed by atoms with E-state index >= 15 is 0 Å². The summed E-state index contributed by atoms with van der Waals surface area (Å²) in [4.78, 5) is 0. The summed E-state index contributed by atoms with van der Waals surface area (Å²) >= 11 is 0. The van der Waals surface area contributed by atoms with Crippen LogP contribution in [0.1, 0.15) is 19.3 Å². The summed E-state index contributed by atoms with van der Waals surface area (Å²) in [5, 5.41) is 9.28. The van der Waals surface area contributed by atoms with E-state index < -0.39 is 0 Å². The van der Waals surface area contributed by atoms with Gasteiger partial charge in [0, 0.05) is 19.6 Å². The largest absolute Gasteiger partial charge is 0.494 e. The number of hydrogen-bond acceptors (Lipinski definition) is 3.